The molecule has 0 radical (unpaired) electrons. The largest absolute Gasteiger partial charge is 0.352 e. The van der Waals surface area contributed by atoms with Crippen LogP contribution in [0.25, 0.3) is 17.1 Å². The van der Waals surface area contributed by atoms with E-state index >= 15 is 0 Å². The number of nitrogens with zero attached hydrogens (tertiary/aromatic N) is 3. The molecule has 0 atom stereocenters. The van der Waals surface area contributed by atoms with Crippen LogP contribution < -0.4 is 5.56 Å². The van der Waals surface area contributed by atoms with E-state index in [1.54, 1.807) is 36.7 Å². The van der Waals surface area contributed by atoms with Crippen LogP contribution in [-0.2, 0) is 7.05 Å². The zero-order valence-corrected chi connectivity index (χ0v) is 10.4. The maximum Gasteiger partial charge on any atom is 0.282 e. The lowest BCUT2D eigenvalue weighted by atomic mass is 10.2. The lowest BCUT2D eigenvalue weighted by Crippen LogP contribution is -2.14. The Kier molecular flexibility index (Phi) is 2.45. The van der Waals surface area contributed by atoms with Crippen molar-refractivity contribution in [3.05, 3.63) is 58.2 Å². The number of aromatic nitrogens is 3. The highest BCUT2D eigenvalue weighted by molar-refractivity contribution is 6.30. The minimum Gasteiger partial charge on any atom is -0.352 e. The van der Waals surface area contributed by atoms with Gasteiger partial charge in [0.2, 0.25) is 0 Å². The lowest BCUT2D eigenvalue weighted by molar-refractivity contribution is 0.837. The Morgan fingerprint density at radius 3 is 2.61 bits per heavy atom. The molecule has 0 aliphatic carbocycles. The van der Waals surface area contributed by atoms with Crippen molar-refractivity contribution in [1.82, 2.24) is 14.1 Å². The van der Waals surface area contributed by atoms with Crippen molar-refractivity contribution in [3.8, 4) is 17.1 Å². The Morgan fingerprint density at radius 2 is 1.89 bits per heavy atom. The summed E-state index contributed by atoms with van der Waals surface area (Å²) in [4.78, 5) is 16.5. The summed E-state index contributed by atoms with van der Waals surface area (Å²) in [6, 6.07) is 7.09. The molecule has 1 aromatic rings. The van der Waals surface area contributed by atoms with E-state index in [9.17, 15) is 4.79 Å². The predicted octanol–water partition coefficient (Wildman–Crippen LogP) is 2.33. The van der Waals surface area contributed by atoms with E-state index in [2.05, 4.69) is 4.98 Å². The number of halogens is 1. The molecule has 90 valence electrons. The topological polar surface area (TPSA) is 39.8 Å². The maximum absolute atomic E-state index is 12.2. The first-order valence-electron chi connectivity index (χ1n) is 5.45. The average Bonchev–Trinajstić information content (AvgIpc) is 2.67. The molecular formula is C13H10ClN3O. The Balaban J connectivity index is 2.24. The molecule has 0 fully saturated rings. The summed E-state index contributed by atoms with van der Waals surface area (Å²) >= 11 is 5.83. The van der Waals surface area contributed by atoms with Crippen LogP contribution in [0, 0.1) is 0 Å². The third kappa shape index (κ3) is 1.71. The summed E-state index contributed by atoms with van der Waals surface area (Å²) in [6.45, 7) is 0. The van der Waals surface area contributed by atoms with Gasteiger partial charge in [0, 0.05) is 36.2 Å². The van der Waals surface area contributed by atoms with Crippen LogP contribution in [0.4, 0.5) is 0 Å². The quantitative estimate of drug-likeness (QED) is 0.673. The number of aryl methyl sites for hydroxylation is 1. The van der Waals surface area contributed by atoms with E-state index in [-0.39, 0.29) is 5.56 Å². The van der Waals surface area contributed by atoms with E-state index in [1.807, 2.05) is 17.8 Å². The van der Waals surface area contributed by atoms with E-state index in [4.69, 9.17) is 11.6 Å². The molecule has 0 saturated heterocycles. The molecule has 0 bridgehead atoms. The van der Waals surface area contributed by atoms with Gasteiger partial charge in [-0.25, -0.2) is 4.98 Å². The van der Waals surface area contributed by atoms with Gasteiger partial charge in [0.25, 0.3) is 5.56 Å². The molecular weight excluding hydrogens is 250 g/mol. The molecule has 4 nitrogen and oxygen atoms in total. The van der Waals surface area contributed by atoms with Crippen LogP contribution in [0.1, 0.15) is 0 Å². The molecule has 2 aliphatic heterocycles. The van der Waals surface area contributed by atoms with Crippen LogP contribution in [0.15, 0.2) is 47.7 Å². The summed E-state index contributed by atoms with van der Waals surface area (Å²) in [5.41, 5.74) is 1.10. The van der Waals surface area contributed by atoms with Gasteiger partial charge in [-0.05, 0) is 12.1 Å². The van der Waals surface area contributed by atoms with Crippen molar-refractivity contribution in [1.29, 1.82) is 0 Å². The normalized spacial score (nSPS) is 11.0. The smallest absolute Gasteiger partial charge is 0.282 e. The van der Waals surface area contributed by atoms with Gasteiger partial charge in [0.1, 0.15) is 5.69 Å². The van der Waals surface area contributed by atoms with Crippen molar-refractivity contribution < 1.29 is 0 Å². The molecule has 3 rings (SSSR count). The first-order chi connectivity index (χ1) is 8.65. The first kappa shape index (κ1) is 11.0. The van der Waals surface area contributed by atoms with Gasteiger partial charge in [-0.15, -0.1) is 0 Å². The van der Waals surface area contributed by atoms with E-state index in [0.29, 0.717) is 16.5 Å². The molecule has 0 saturated carbocycles. The lowest BCUT2D eigenvalue weighted by Gasteiger charge is -2.02. The first-order valence-corrected chi connectivity index (χ1v) is 5.83. The van der Waals surface area contributed by atoms with Gasteiger partial charge < -0.3 is 4.57 Å². The van der Waals surface area contributed by atoms with E-state index in [1.165, 1.54) is 4.57 Å². The molecule has 5 heteroatoms. The molecule has 2 heterocycles. The monoisotopic (exact) mass is 259 g/mol. The highest BCUT2D eigenvalue weighted by atomic mass is 35.5. The van der Waals surface area contributed by atoms with Crippen LogP contribution in [-0.4, -0.2) is 14.1 Å². The molecule has 0 aromatic heterocycles. The number of hydrogen-bond donors (Lipinski definition) is 0. The third-order valence-corrected chi connectivity index (χ3v) is 3.03. The van der Waals surface area contributed by atoms with Crippen molar-refractivity contribution in [2.24, 2.45) is 7.05 Å². The number of hydrogen-bond acceptors (Lipinski definition) is 2. The number of fused-ring (bicyclic) bond motifs is 1. The average molecular weight is 260 g/mol. The maximum atomic E-state index is 12.2. The third-order valence-electron chi connectivity index (χ3n) is 2.78. The molecule has 0 N–H and O–H groups in total. The fraction of sp³-hybridized carbons (Fsp3) is 0.0769. The highest BCUT2D eigenvalue weighted by Crippen LogP contribution is 2.19. The fourth-order valence-electron chi connectivity index (χ4n) is 1.86. The van der Waals surface area contributed by atoms with Crippen molar-refractivity contribution in [3.63, 3.8) is 0 Å². The van der Waals surface area contributed by atoms with Gasteiger partial charge >= 0.3 is 0 Å². The van der Waals surface area contributed by atoms with Crippen molar-refractivity contribution in [2.75, 3.05) is 0 Å². The van der Waals surface area contributed by atoms with Crippen LogP contribution in [0.5, 0.6) is 0 Å². The summed E-state index contributed by atoms with van der Waals surface area (Å²) < 4.78 is 3.39. The second-order valence-electron chi connectivity index (χ2n) is 4.09. The van der Waals surface area contributed by atoms with Gasteiger partial charge in [-0.1, -0.05) is 23.7 Å². The predicted molar refractivity (Wildman–Crippen MR) is 70.4 cm³/mol. The fourth-order valence-corrected chi connectivity index (χ4v) is 1.99. The zero-order valence-electron chi connectivity index (χ0n) is 9.67. The van der Waals surface area contributed by atoms with Crippen LogP contribution in [0.3, 0.4) is 0 Å². The van der Waals surface area contributed by atoms with Crippen LogP contribution in [0.2, 0.25) is 5.02 Å². The Labute approximate surface area is 108 Å². The summed E-state index contributed by atoms with van der Waals surface area (Å²) in [5, 5.41) is 0.640. The molecule has 0 spiro atoms. The van der Waals surface area contributed by atoms with Gasteiger partial charge in [-0.3, -0.25) is 9.36 Å². The Morgan fingerprint density at radius 1 is 1.17 bits per heavy atom. The second-order valence-corrected chi connectivity index (χ2v) is 4.53. The van der Waals surface area contributed by atoms with Gasteiger partial charge in [-0.2, -0.15) is 0 Å². The molecule has 18 heavy (non-hydrogen) atoms. The second kappa shape index (κ2) is 3.99. The van der Waals surface area contributed by atoms with E-state index in [0.717, 1.165) is 5.56 Å². The summed E-state index contributed by atoms with van der Waals surface area (Å²) in [6.07, 6.45) is 5.33. The standard InChI is InChI=1S/C13H10ClN3O/c1-16-6-7-17-11(8-16)15-12(13(17)18)9-2-4-10(14)5-3-9/h2-8H,1H3. The van der Waals surface area contributed by atoms with Crippen molar-refractivity contribution >= 4 is 11.6 Å². The van der Waals surface area contributed by atoms with E-state index < -0.39 is 0 Å². The minimum absolute atomic E-state index is 0.118. The summed E-state index contributed by atoms with van der Waals surface area (Å²) in [5.74, 6) is 0.634. The van der Waals surface area contributed by atoms with Gasteiger partial charge in [0.05, 0.1) is 0 Å². The molecule has 0 amide bonds. The number of rotatable bonds is 1. The zero-order chi connectivity index (χ0) is 12.7. The molecule has 0 unspecified atom stereocenters. The SMILES string of the molecule is Cn1ccn2c(=O)c(-c3ccc(Cl)cc3)nc-2c1. The van der Waals surface area contributed by atoms with Crippen molar-refractivity contribution in [2.45, 2.75) is 0 Å². The van der Waals surface area contributed by atoms with Gasteiger partial charge in [0.15, 0.2) is 5.82 Å². The highest BCUT2D eigenvalue weighted by Gasteiger charge is 2.15. The Bertz CT molecular complexity index is 727. The Hall–Kier alpha value is -2.07. The number of imidazole rings is 1. The van der Waals surface area contributed by atoms with Crippen LogP contribution >= 0.6 is 11.6 Å². The molecule has 2 aliphatic rings. The minimum atomic E-state index is -0.118. The number of benzene rings is 1. The summed E-state index contributed by atoms with van der Waals surface area (Å²) in [7, 11) is 1.89. The molecule has 1 aromatic carbocycles.